The van der Waals surface area contributed by atoms with Crippen molar-refractivity contribution in [1.82, 2.24) is 9.97 Å². The zero-order valence-corrected chi connectivity index (χ0v) is 10.9. The Morgan fingerprint density at radius 1 is 1.06 bits per heavy atom. The van der Waals surface area contributed by atoms with Crippen molar-refractivity contribution in [3.05, 3.63) is 17.6 Å². The Kier molecular flexibility index (Phi) is 5.23. The van der Waals surface area contributed by atoms with Gasteiger partial charge in [0.05, 0.1) is 17.6 Å². The lowest BCUT2D eigenvalue weighted by molar-refractivity contribution is 0.666. The molecule has 0 radical (unpaired) electrons. The third-order valence-electron chi connectivity index (χ3n) is 2.94. The van der Waals surface area contributed by atoms with Gasteiger partial charge in [0.2, 0.25) is 0 Å². The Morgan fingerprint density at radius 2 is 1.69 bits per heavy atom. The molecular formula is C13H23N3. The average molecular weight is 221 g/mol. The molecular weight excluding hydrogens is 198 g/mol. The molecule has 0 aliphatic carbocycles. The van der Waals surface area contributed by atoms with E-state index in [-0.39, 0.29) is 0 Å². The number of aryl methyl sites for hydroxylation is 2. The lowest BCUT2D eigenvalue weighted by atomic mass is 10.2. The smallest absolute Gasteiger partial charge is 0.145 e. The van der Waals surface area contributed by atoms with Crippen LogP contribution in [0.25, 0.3) is 0 Å². The summed E-state index contributed by atoms with van der Waals surface area (Å²) in [5, 5.41) is 3.43. The predicted octanol–water partition coefficient (Wildman–Crippen LogP) is 3.20. The van der Waals surface area contributed by atoms with E-state index in [0.717, 1.165) is 42.9 Å². The summed E-state index contributed by atoms with van der Waals surface area (Å²) in [4.78, 5) is 9.09. The van der Waals surface area contributed by atoms with E-state index in [9.17, 15) is 0 Å². The molecule has 0 saturated carbocycles. The maximum atomic E-state index is 4.62. The second-order valence-corrected chi connectivity index (χ2v) is 4.01. The van der Waals surface area contributed by atoms with Gasteiger partial charge in [0.15, 0.2) is 0 Å². The summed E-state index contributed by atoms with van der Waals surface area (Å²) in [6.45, 7) is 8.63. The van der Waals surface area contributed by atoms with E-state index >= 15 is 0 Å². The summed E-state index contributed by atoms with van der Waals surface area (Å²) in [7, 11) is 0. The standard InChI is InChI=1S/C13H23N3/c1-5-10(6-2)15-13-9-14-11(7-3)12(8-4)16-13/h9-10H,5-8H2,1-4H3,(H,15,16). The van der Waals surface area contributed by atoms with Crippen LogP contribution in [0.1, 0.15) is 51.9 Å². The van der Waals surface area contributed by atoms with Crippen LogP contribution in [0.15, 0.2) is 6.20 Å². The van der Waals surface area contributed by atoms with Crippen LogP contribution in [0.2, 0.25) is 0 Å². The van der Waals surface area contributed by atoms with Gasteiger partial charge in [0, 0.05) is 6.04 Å². The van der Waals surface area contributed by atoms with Gasteiger partial charge in [-0.05, 0) is 25.7 Å². The van der Waals surface area contributed by atoms with Crippen LogP contribution in [0, 0.1) is 0 Å². The molecule has 0 spiro atoms. The fourth-order valence-corrected chi connectivity index (χ4v) is 1.80. The third kappa shape index (κ3) is 3.19. The van der Waals surface area contributed by atoms with Gasteiger partial charge in [0.1, 0.15) is 5.82 Å². The fourth-order valence-electron chi connectivity index (χ4n) is 1.80. The Bertz CT molecular complexity index is 319. The van der Waals surface area contributed by atoms with Gasteiger partial charge >= 0.3 is 0 Å². The fraction of sp³-hybridized carbons (Fsp3) is 0.692. The van der Waals surface area contributed by atoms with E-state index in [0.29, 0.717) is 6.04 Å². The number of hydrogen-bond donors (Lipinski definition) is 1. The zero-order chi connectivity index (χ0) is 12.0. The number of nitrogens with one attached hydrogen (secondary N) is 1. The maximum Gasteiger partial charge on any atom is 0.145 e. The maximum absolute atomic E-state index is 4.62. The van der Waals surface area contributed by atoms with Gasteiger partial charge in [0.25, 0.3) is 0 Å². The highest BCUT2D eigenvalue weighted by Gasteiger charge is 2.07. The molecule has 0 aliphatic heterocycles. The molecule has 0 aromatic carbocycles. The molecule has 0 atom stereocenters. The minimum Gasteiger partial charge on any atom is -0.366 e. The molecule has 0 amide bonds. The van der Waals surface area contributed by atoms with E-state index in [1.54, 1.807) is 0 Å². The second kappa shape index (κ2) is 6.46. The van der Waals surface area contributed by atoms with Crippen LogP contribution >= 0.6 is 0 Å². The number of anilines is 1. The van der Waals surface area contributed by atoms with E-state index in [2.05, 4.69) is 43.0 Å². The van der Waals surface area contributed by atoms with Crippen LogP contribution < -0.4 is 5.32 Å². The van der Waals surface area contributed by atoms with Gasteiger partial charge in [-0.15, -0.1) is 0 Å². The first-order valence-electron chi connectivity index (χ1n) is 6.36. The van der Waals surface area contributed by atoms with Crippen molar-refractivity contribution in [2.45, 2.75) is 59.4 Å². The summed E-state index contributed by atoms with van der Waals surface area (Å²) >= 11 is 0. The Balaban J connectivity index is 2.82. The number of aromatic nitrogens is 2. The highest BCUT2D eigenvalue weighted by molar-refractivity contribution is 5.35. The first-order valence-corrected chi connectivity index (χ1v) is 6.36. The van der Waals surface area contributed by atoms with Crippen LogP contribution in [0.3, 0.4) is 0 Å². The van der Waals surface area contributed by atoms with Crippen molar-refractivity contribution in [3.63, 3.8) is 0 Å². The summed E-state index contributed by atoms with van der Waals surface area (Å²) in [5.74, 6) is 0.919. The second-order valence-electron chi connectivity index (χ2n) is 4.01. The predicted molar refractivity (Wildman–Crippen MR) is 68.8 cm³/mol. The highest BCUT2D eigenvalue weighted by Crippen LogP contribution is 2.12. The molecule has 1 aromatic rings. The van der Waals surface area contributed by atoms with Crippen LogP contribution in [-0.2, 0) is 12.8 Å². The SMILES string of the molecule is CCc1ncc(NC(CC)CC)nc1CC. The molecule has 1 N–H and O–H groups in total. The molecule has 3 heteroatoms. The minimum absolute atomic E-state index is 0.506. The molecule has 0 aliphatic rings. The molecule has 16 heavy (non-hydrogen) atoms. The van der Waals surface area contributed by atoms with Gasteiger partial charge in [-0.25, -0.2) is 4.98 Å². The van der Waals surface area contributed by atoms with E-state index in [4.69, 9.17) is 0 Å². The Hall–Kier alpha value is -1.12. The summed E-state index contributed by atoms with van der Waals surface area (Å²) in [5.41, 5.74) is 2.25. The van der Waals surface area contributed by atoms with E-state index < -0.39 is 0 Å². The van der Waals surface area contributed by atoms with E-state index in [1.807, 2.05) is 6.20 Å². The van der Waals surface area contributed by atoms with Gasteiger partial charge in [-0.3, -0.25) is 4.98 Å². The molecule has 0 saturated heterocycles. The summed E-state index contributed by atoms with van der Waals surface area (Å²) in [6, 6.07) is 0.506. The average Bonchev–Trinajstić information content (AvgIpc) is 2.35. The lowest BCUT2D eigenvalue weighted by Crippen LogP contribution is -2.18. The quantitative estimate of drug-likeness (QED) is 0.801. The van der Waals surface area contributed by atoms with Crippen molar-refractivity contribution in [1.29, 1.82) is 0 Å². The molecule has 90 valence electrons. The van der Waals surface area contributed by atoms with Crippen LogP contribution in [0.4, 0.5) is 5.82 Å². The Labute approximate surface area is 98.7 Å². The third-order valence-corrected chi connectivity index (χ3v) is 2.94. The summed E-state index contributed by atoms with van der Waals surface area (Å²) < 4.78 is 0. The normalized spacial score (nSPS) is 10.8. The van der Waals surface area contributed by atoms with Gasteiger partial charge in [-0.1, -0.05) is 27.7 Å². The van der Waals surface area contributed by atoms with Crippen LogP contribution in [0.5, 0.6) is 0 Å². The first kappa shape index (κ1) is 12.9. The molecule has 0 fully saturated rings. The number of hydrogen-bond acceptors (Lipinski definition) is 3. The van der Waals surface area contributed by atoms with Gasteiger partial charge in [-0.2, -0.15) is 0 Å². The number of nitrogens with zero attached hydrogens (tertiary/aromatic N) is 2. The van der Waals surface area contributed by atoms with Crippen molar-refractivity contribution >= 4 is 5.82 Å². The summed E-state index contributed by atoms with van der Waals surface area (Å²) in [6.07, 6.45) is 6.01. The highest BCUT2D eigenvalue weighted by atomic mass is 15.0. The van der Waals surface area contributed by atoms with E-state index in [1.165, 1.54) is 0 Å². The van der Waals surface area contributed by atoms with Gasteiger partial charge < -0.3 is 5.32 Å². The number of rotatable bonds is 6. The van der Waals surface area contributed by atoms with Crippen molar-refractivity contribution in [3.8, 4) is 0 Å². The molecule has 1 heterocycles. The first-order chi connectivity index (χ1) is 7.74. The topological polar surface area (TPSA) is 37.8 Å². The Morgan fingerprint density at radius 3 is 2.19 bits per heavy atom. The van der Waals surface area contributed by atoms with Crippen molar-refractivity contribution in [2.75, 3.05) is 5.32 Å². The van der Waals surface area contributed by atoms with Crippen molar-refractivity contribution in [2.24, 2.45) is 0 Å². The molecule has 1 aromatic heterocycles. The van der Waals surface area contributed by atoms with Crippen LogP contribution in [-0.4, -0.2) is 16.0 Å². The van der Waals surface area contributed by atoms with Crippen molar-refractivity contribution < 1.29 is 0 Å². The molecule has 1 rings (SSSR count). The lowest BCUT2D eigenvalue weighted by Gasteiger charge is -2.16. The monoisotopic (exact) mass is 221 g/mol. The minimum atomic E-state index is 0.506. The zero-order valence-electron chi connectivity index (χ0n) is 10.9. The molecule has 0 unspecified atom stereocenters. The largest absolute Gasteiger partial charge is 0.366 e. The molecule has 0 bridgehead atoms. The molecule has 3 nitrogen and oxygen atoms in total.